The van der Waals surface area contributed by atoms with Crippen LogP contribution in [0.2, 0.25) is 0 Å². The van der Waals surface area contributed by atoms with Gasteiger partial charge in [-0.3, -0.25) is 0 Å². The van der Waals surface area contributed by atoms with Crippen molar-refractivity contribution in [1.82, 2.24) is 4.90 Å². The fraction of sp³-hybridized carbons (Fsp3) is 1.00. The second kappa shape index (κ2) is 5.51. The second-order valence-electron chi connectivity index (χ2n) is 5.16. The van der Waals surface area contributed by atoms with Crippen LogP contribution in [0.4, 0.5) is 0 Å². The highest BCUT2D eigenvalue weighted by atomic mass is 35.5. The van der Waals surface area contributed by atoms with Gasteiger partial charge in [-0.05, 0) is 31.2 Å². The molecule has 0 radical (unpaired) electrons. The molecular weight excluding hydrogens is 210 g/mol. The Balaban J connectivity index is 1.80. The number of alkyl halides is 1. The van der Waals surface area contributed by atoms with E-state index in [1.165, 1.54) is 38.6 Å². The molecule has 15 heavy (non-hydrogen) atoms. The molecule has 88 valence electrons. The van der Waals surface area contributed by atoms with Crippen LogP contribution in [0.3, 0.4) is 0 Å². The van der Waals surface area contributed by atoms with Gasteiger partial charge in [0.1, 0.15) is 0 Å². The molecule has 2 aliphatic rings. The summed E-state index contributed by atoms with van der Waals surface area (Å²) in [6.45, 7) is 3.13. The van der Waals surface area contributed by atoms with Crippen molar-refractivity contribution in [1.29, 1.82) is 0 Å². The molecule has 0 amide bonds. The highest BCUT2D eigenvalue weighted by Crippen LogP contribution is 2.35. The number of hydrogen-bond acceptors (Lipinski definition) is 2. The Hall–Kier alpha value is 0.210. The van der Waals surface area contributed by atoms with Gasteiger partial charge < -0.3 is 10.0 Å². The number of hydrogen-bond donors (Lipinski definition) is 1. The predicted molar refractivity (Wildman–Crippen MR) is 63.2 cm³/mol. The number of aliphatic hydroxyl groups is 1. The first-order valence-corrected chi connectivity index (χ1v) is 6.79. The van der Waals surface area contributed by atoms with Crippen LogP contribution >= 0.6 is 11.6 Å². The van der Waals surface area contributed by atoms with E-state index in [0.29, 0.717) is 5.88 Å². The van der Waals surface area contributed by atoms with Crippen LogP contribution in [-0.2, 0) is 0 Å². The number of aliphatic hydroxyl groups excluding tert-OH is 1. The minimum atomic E-state index is -0.341. The van der Waals surface area contributed by atoms with Gasteiger partial charge in [0.05, 0.1) is 6.10 Å². The molecule has 0 aromatic heterocycles. The van der Waals surface area contributed by atoms with E-state index in [1.807, 2.05) is 0 Å². The Morgan fingerprint density at radius 1 is 1.20 bits per heavy atom. The Morgan fingerprint density at radius 2 is 1.93 bits per heavy atom. The Morgan fingerprint density at radius 3 is 2.67 bits per heavy atom. The van der Waals surface area contributed by atoms with E-state index >= 15 is 0 Å². The number of halogens is 1. The topological polar surface area (TPSA) is 23.5 Å². The van der Waals surface area contributed by atoms with Crippen LogP contribution in [0.1, 0.15) is 32.1 Å². The summed E-state index contributed by atoms with van der Waals surface area (Å²) in [6.07, 6.45) is 6.68. The summed E-state index contributed by atoms with van der Waals surface area (Å²) in [5, 5.41) is 9.53. The van der Waals surface area contributed by atoms with Gasteiger partial charge in [-0.25, -0.2) is 0 Å². The van der Waals surface area contributed by atoms with Gasteiger partial charge in [0.25, 0.3) is 0 Å². The molecule has 1 saturated carbocycles. The molecule has 0 aromatic rings. The lowest BCUT2D eigenvalue weighted by Gasteiger charge is -2.41. The fourth-order valence-electron chi connectivity index (χ4n) is 3.19. The summed E-state index contributed by atoms with van der Waals surface area (Å²) in [5.74, 6) is 2.24. The van der Waals surface area contributed by atoms with Gasteiger partial charge >= 0.3 is 0 Å². The molecule has 2 nitrogen and oxygen atoms in total. The van der Waals surface area contributed by atoms with Crippen molar-refractivity contribution in [3.05, 3.63) is 0 Å². The molecule has 2 rings (SSSR count). The van der Waals surface area contributed by atoms with Crippen molar-refractivity contribution in [3.8, 4) is 0 Å². The molecule has 0 bridgehead atoms. The molecule has 3 unspecified atom stereocenters. The van der Waals surface area contributed by atoms with Crippen molar-refractivity contribution in [2.24, 2.45) is 11.8 Å². The maximum Gasteiger partial charge on any atom is 0.0802 e. The van der Waals surface area contributed by atoms with Crippen LogP contribution in [0.25, 0.3) is 0 Å². The number of nitrogens with zero attached hydrogens (tertiary/aromatic N) is 1. The molecule has 1 heterocycles. The van der Waals surface area contributed by atoms with Crippen molar-refractivity contribution in [2.75, 3.05) is 25.5 Å². The molecular formula is C12H22ClNO. The highest BCUT2D eigenvalue weighted by Gasteiger charge is 2.31. The van der Waals surface area contributed by atoms with Gasteiger partial charge in [-0.1, -0.05) is 19.3 Å². The van der Waals surface area contributed by atoms with Crippen LogP contribution in [0.15, 0.2) is 0 Å². The van der Waals surface area contributed by atoms with Crippen molar-refractivity contribution < 1.29 is 5.11 Å². The van der Waals surface area contributed by atoms with E-state index in [9.17, 15) is 5.11 Å². The monoisotopic (exact) mass is 231 g/mol. The van der Waals surface area contributed by atoms with E-state index in [2.05, 4.69) is 4.90 Å². The molecule has 0 aromatic carbocycles. The fourth-order valence-corrected chi connectivity index (χ4v) is 3.29. The molecule has 1 aliphatic heterocycles. The SMILES string of the molecule is OC(CCl)CN1CCC2CCCCC2C1. The normalized spacial score (nSPS) is 34.8. The van der Waals surface area contributed by atoms with Crippen molar-refractivity contribution in [3.63, 3.8) is 0 Å². The van der Waals surface area contributed by atoms with E-state index in [1.54, 1.807) is 0 Å². The van der Waals surface area contributed by atoms with Crippen LogP contribution in [0.5, 0.6) is 0 Å². The average Bonchev–Trinajstić information content (AvgIpc) is 2.29. The van der Waals surface area contributed by atoms with Gasteiger partial charge in [-0.15, -0.1) is 11.6 Å². The zero-order valence-corrected chi connectivity index (χ0v) is 10.1. The smallest absolute Gasteiger partial charge is 0.0802 e. The first-order valence-electron chi connectivity index (χ1n) is 6.26. The molecule has 2 fully saturated rings. The summed E-state index contributed by atoms with van der Waals surface area (Å²) in [5.41, 5.74) is 0. The minimum absolute atomic E-state index is 0.341. The Kier molecular flexibility index (Phi) is 4.30. The average molecular weight is 232 g/mol. The van der Waals surface area contributed by atoms with E-state index in [-0.39, 0.29) is 6.10 Å². The molecule has 1 saturated heterocycles. The summed E-state index contributed by atoms with van der Waals surface area (Å²) < 4.78 is 0. The molecule has 3 heteroatoms. The standard InChI is InChI=1S/C12H22ClNO/c13-7-12(15)9-14-6-5-10-3-1-2-4-11(10)8-14/h10-12,15H,1-9H2. The number of β-amino-alcohol motifs (C(OH)–C–C–N with tert-alkyl or cyclic N) is 1. The largest absolute Gasteiger partial charge is 0.391 e. The zero-order chi connectivity index (χ0) is 10.7. The van der Waals surface area contributed by atoms with Crippen LogP contribution in [-0.4, -0.2) is 41.6 Å². The van der Waals surface area contributed by atoms with E-state index in [4.69, 9.17) is 11.6 Å². The van der Waals surface area contributed by atoms with Gasteiger partial charge in [-0.2, -0.15) is 0 Å². The number of fused-ring (bicyclic) bond motifs is 1. The lowest BCUT2D eigenvalue weighted by molar-refractivity contribution is 0.0530. The van der Waals surface area contributed by atoms with Crippen LogP contribution in [0, 0.1) is 11.8 Å². The van der Waals surface area contributed by atoms with Gasteiger partial charge in [0.2, 0.25) is 0 Å². The summed E-state index contributed by atoms with van der Waals surface area (Å²) in [7, 11) is 0. The van der Waals surface area contributed by atoms with Crippen molar-refractivity contribution in [2.45, 2.75) is 38.2 Å². The maximum atomic E-state index is 9.53. The number of piperidine rings is 1. The lowest BCUT2D eigenvalue weighted by Crippen LogP contribution is -2.45. The zero-order valence-electron chi connectivity index (χ0n) is 9.37. The van der Waals surface area contributed by atoms with Gasteiger partial charge in [0.15, 0.2) is 0 Å². The number of rotatable bonds is 3. The maximum absolute atomic E-state index is 9.53. The Labute approximate surface area is 97.6 Å². The predicted octanol–water partition coefficient (Wildman–Crippen LogP) is 2.10. The first-order chi connectivity index (χ1) is 7.29. The minimum Gasteiger partial charge on any atom is -0.391 e. The first kappa shape index (κ1) is 11.7. The molecule has 1 aliphatic carbocycles. The lowest BCUT2D eigenvalue weighted by atomic mass is 9.75. The Bertz CT molecular complexity index is 200. The van der Waals surface area contributed by atoms with Crippen LogP contribution < -0.4 is 0 Å². The van der Waals surface area contributed by atoms with E-state index in [0.717, 1.165) is 24.9 Å². The molecule has 0 spiro atoms. The summed E-state index contributed by atoms with van der Waals surface area (Å²) >= 11 is 5.63. The third-order valence-electron chi connectivity index (χ3n) is 4.02. The van der Waals surface area contributed by atoms with Gasteiger partial charge in [0, 0.05) is 19.0 Å². The summed E-state index contributed by atoms with van der Waals surface area (Å²) in [4.78, 5) is 2.40. The molecule has 3 atom stereocenters. The summed E-state index contributed by atoms with van der Waals surface area (Å²) in [6, 6.07) is 0. The number of likely N-dealkylation sites (tertiary alicyclic amines) is 1. The highest BCUT2D eigenvalue weighted by molar-refractivity contribution is 6.18. The van der Waals surface area contributed by atoms with Crippen molar-refractivity contribution >= 4 is 11.6 Å². The molecule has 1 N–H and O–H groups in total. The third-order valence-corrected chi connectivity index (χ3v) is 4.38. The third kappa shape index (κ3) is 3.08. The quantitative estimate of drug-likeness (QED) is 0.752. The van der Waals surface area contributed by atoms with E-state index < -0.39 is 0 Å². The second-order valence-corrected chi connectivity index (χ2v) is 5.47.